The van der Waals surface area contributed by atoms with Crippen LogP contribution in [0.2, 0.25) is 0 Å². The van der Waals surface area contributed by atoms with Gasteiger partial charge in [-0.25, -0.2) is 13.1 Å². The van der Waals surface area contributed by atoms with Gasteiger partial charge >= 0.3 is 0 Å². The summed E-state index contributed by atoms with van der Waals surface area (Å²) < 4.78 is 27.3. The summed E-state index contributed by atoms with van der Waals surface area (Å²) >= 11 is 0. The quantitative estimate of drug-likeness (QED) is 0.804. The summed E-state index contributed by atoms with van der Waals surface area (Å²) in [5, 5.41) is 0. The van der Waals surface area contributed by atoms with Crippen molar-refractivity contribution < 1.29 is 13.2 Å². The van der Waals surface area contributed by atoms with Crippen molar-refractivity contribution in [1.82, 2.24) is 9.62 Å². The number of carbonyl (C=O) groups excluding carboxylic acids is 1. The molecular formula is C19H30N2O3S. The molecule has 1 saturated carbocycles. The second-order valence-corrected chi connectivity index (χ2v) is 9.97. The van der Waals surface area contributed by atoms with Crippen LogP contribution < -0.4 is 4.72 Å². The lowest BCUT2D eigenvalue weighted by atomic mass is 10.1. The second-order valence-electron chi connectivity index (χ2n) is 8.29. The number of benzene rings is 1. The van der Waals surface area contributed by atoms with E-state index in [2.05, 4.69) is 18.6 Å². The van der Waals surface area contributed by atoms with E-state index in [1.165, 1.54) is 12.1 Å². The lowest BCUT2D eigenvalue weighted by molar-refractivity contribution is 0.0735. The van der Waals surface area contributed by atoms with Crippen LogP contribution in [-0.2, 0) is 10.0 Å². The predicted octanol–water partition coefficient (Wildman–Crippen LogP) is 3.41. The molecule has 1 aromatic carbocycles. The molecule has 1 aromatic rings. The molecule has 0 saturated heterocycles. The maximum Gasteiger partial charge on any atom is 0.254 e. The van der Waals surface area contributed by atoms with Crippen LogP contribution in [0.15, 0.2) is 29.2 Å². The molecule has 0 unspecified atom stereocenters. The highest BCUT2D eigenvalue weighted by Crippen LogP contribution is 2.29. The highest BCUT2D eigenvalue weighted by molar-refractivity contribution is 7.89. The van der Waals surface area contributed by atoms with E-state index >= 15 is 0 Å². The Morgan fingerprint density at radius 1 is 1.20 bits per heavy atom. The minimum absolute atomic E-state index is 0.00382. The number of sulfonamides is 1. The first-order valence-corrected chi connectivity index (χ1v) is 10.4. The number of hydrogen-bond donors (Lipinski definition) is 1. The summed E-state index contributed by atoms with van der Waals surface area (Å²) in [4.78, 5) is 14.9. The van der Waals surface area contributed by atoms with Crippen molar-refractivity contribution in [2.75, 3.05) is 6.54 Å². The van der Waals surface area contributed by atoms with E-state index < -0.39 is 15.6 Å². The fraction of sp³-hybridized carbons (Fsp3) is 0.632. The largest absolute Gasteiger partial charge is 0.336 e. The normalized spacial score (nSPS) is 15.4. The van der Waals surface area contributed by atoms with Crippen LogP contribution in [0.4, 0.5) is 0 Å². The molecule has 0 radical (unpaired) electrons. The van der Waals surface area contributed by atoms with Crippen molar-refractivity contribution in [3.05, 3.63) is 29.8 Å². The van der Waals surface area contributed by atoms with Gasteiger partial charge in [0.2, 0.25) is 10.0 Å². The molecule has 140 valence electrons. The number of nitrogens with zero attached hydrogens (tertiary/aromatic N) is 1. The molecular weight excluding hydrogens is 336 g/mol. The van der Waals surface area contributed by atoms with Crippen molar-refractivity contribution >= 4 is 15.9 Å². The number of rotatable bonds is 7. The fourth-order valence-corrected chi connectivity index (χ4v) is 4.06. The molecule has 1 fully saturated rings. The topological polar surface area (TPSA) is 66.5 Å². The number of carbonyl (C=O) groups is 1. The van der Waals surface area contributed by atoms with Crippen molar-refractivity contribution in [1.29, 1.82) is 0 Å². The Hall–Kier alpha value is -1.40. The standard InChI is InChI=1S/C19H30N2O3S/c1-14(2)12-13-21(16-8-9-16)18(22)15-6-10-17(11-7-15)25(23,24)20-19(3,4)5/h6-7,10-11,14,16,20H,8-9,12-13H2,1-5H3. The SMILES string of the molecule is CC(C)CCN(C(=O)c1ccc(S(=O)(=O)NC(C)(C)C)cc1)C1CC1. The van der Waals surface area contributed by atoms with Crippen LogP contribution in [-0.4, -0.2) is 37.4 Å². The van der Waals surface area contributed by atoms with Crippen molar-refractivity contribution in [3.63, 3.8) is 0 Å². The Labute approximate surface area is 151 Å². The average molecular weight is 367 g/mol. The maximum absolute atomic E-state index is 12.8. The second kappa shape index (κ2) is 7.46. The molecule has 0 aliphatic heterocycles. The van der Waals surface area contributed by atoms with Crippen molar-refractivity contribution in [2.24, 2.45) is 5.92 Å². The highest BCUT2D eigenvalue weighted by atomic mass is 32.2. The summed E-state index contributed by atoms with van der Waals surface area (Å²) in [7, 11) is -3.58. The van der Waals surface area contributed by atoms with Gasteiger partial charge in [0.25, 0.3) is 5.91 Å². The number of amides is 1. The van der Waals surface area contributed by atoms with Gasteiger partial charge in [-0.1, -0.05) is 13.8 Å². The van der Waals surface area contributed by atoms with E-state index in [0.29, 0.717) is 17.5 Å². The third-order valence-electron chi connectivity index (χ3n) is 4.05. The number of hydrogen-bond acceptors (Lipinski definition) is 3. The summed E-state index contributed by atoms with van der Waals surface area (Å²) in [6.45, 7) is 10.4. The van der Waals surface area contributed by atoms with Gasteiger partial charge in [-0.05, 0) is 70.2 Å². The average Bonchev–Trinajstić information content (AvgIpc) is 3.29. The fourth-order valence-electron chi connectivity index (χ4n) is 2.64. The van der Waals surface area contributed by atoms with Gasteiger partial charge < -0.3 is 4.90 Å². The van der Waals surface area contributed by atoms with Crippen LogP contribution in [0.1, 0.15) is 64.2 Å². The molecule has 2 rings (SSSR count). The van der Waals surface area contributed by atoms with Gasteiger partial charge in [-0.2, -0.15) is 0 Å². The van der Waals surface area contributed by atoms with Crippen LogP contribution in [0, 0.1) is 5.92 Å². The van der Waals surface area contributed by atoms with Gasteiger partial charge in [0, 0.05) is 23.7 Å². The zero-order valence-electron chi connectivity index (χ0n) is 15.9. The van der Waals surface area contributed by atoms with E-state index in [-0.39, 0.29) is 10.8 Å². The lowest BCUT2D eigenvalue weighted by Gasteiger charge is -2.24. The summed E-state index contributed by atoms with van der Waals surface area (Å²) in [5.41, 5.74) is -0.00203. The van der Waals surface area contributed by atoms with Crippen LogP contribution in [0.5, 0.6) is 0 Å². The van der Waals surface area contributed by atoms with Crippen LogP contribution in [0.3, 0.4) is 0 Å². The highest BCUT2D eigenvalue weighted by Gasteiger charge is 2.33. The van der Waals surface area contributed by atoms with Gasteiger partial charge in [0.05, 0.1) is 4.90 Å². The molecule has 1 N–H and O–H groups in total. The summed E-state index contributed by atoms with van der Waals surface area (Å²) in [6.07, 6.45) is 3.10. The zero-order chi connectivity index (χ0) is 18.8. The third-order valence-corrected chi connectivity index (χ3v) is 5.82. The first-order valence-electron chi connectivity index (χ1n) is 8.94. The molecule has 25 heavy (non-hydrogen) atoms. The van der Waals surface area contributed by atoms with E-state index in [1.54, 1.807) is 32.9 Å². The van der Waals surface area contributed by atoms with E-state index in [4.69, 9.17) is 0 Å². The molecule has 0 bridgehead atoms. The minimum Gasteiger partial charge on any atom is -0.336 e. The molecule has 0 atom stereocenters. The zero-order valence-corrected chi connectivity index (χ0v) is 16.7. The lowest BCUT2D eigenvalue weighted by Crippen LogP contribution is -2.40. The van der Waals surface area contributed by atoms with E-state index in [9.17, 15) is 13.2 Å². The Balaban J connectivity index is 2.14. The first-order chi connectivity index (χ1) is 11.5. The van der Waals surface area contributed by atoms with Gasteiger partial charge in [-0.3, -0.25) is 4.79 Å². The molecule has 5 nitrogen and oxygen atoms in total. The molecule has 0 spiro atoms. The molecule has 6 heteroatoms. The summed E-state index contributed by atoms with van der Waals surface area (Å²) in [5.74, 6) is 0.543. The third kappa shape index (κ3) is 5.82. The predicted molar refractivity (Wildman–Crippen MR) is 100 cm³/mol. The molecule has 0 heterocycles. The molecule has 1 aliphatic carbocycles. The van der Waals surface area contributed by atoms with Gasteiger partial charge in [0.15, 0.2) is 0 Å². The van der Waals surface area contributed by atoms with Crippen molar-refractivity contribution in [3.8, 4) is 0 Å². The van der Waals surface area contributed by atoms with Crippen molar-refractivity contribution in [2.45, 2.75) is 70.4 Å². The number of nitrogens with one attached hydrogen (secondary N) is 1. The molecule has 1 aliphatic rings. The molecule has 0 aromatic heterocycles. The first kappa shape index (κ1) is 19.9. The Kier molecular flexibility index (Phi) is 5.94. The Morgan fingerprint density at radius 3 is 2.20 bits per heavy atom. The van der Waals surface area contributed by atoms with E-state index in [1.807, 2.05) is 4.90 Å². The minimum atomic E-state index is -3.58. The molecule has 1 amide bonds. The van der Waals surface area contributed by atoms with E-state index in [0.717, 1.165) is 25.8 Å². The summed E-state index contributed by atoms with van der Waals surface area (Å²) in [6, 6.07) is 6.59. The Morgan fingerprint density at radius 2 is 1.76 bits per heavy atom. The van der Waals surface area contributed by atoms with Gasteiger partial charge in [0.1, 0.15) is 0 Å². The Bertz CT molecular complexity index is 699. The maximum atomic E-state index is 12.8. The smallest absolute Gasteiger partial charge is 0.254 e. The van der Waals surface area contributed by atoms with Crippen LogP contribution >= 0.6 is 0 Å². The van der Waals surface area contributed by atoms with Gasteiger partial charge in [-0.15, -0.1) is 0 Å². The monoisotopic (exact) mass is 366 g/mol. The van der Waals surface area contributed by atoms with Crippen LogP contribution in [0.25, 0.3) is 0 Å².